The average molecular weight is 167 g/mol. The molecule has 0 atom stereocenters. The lowest BCUT2D eigenvalue weighted by atomic mass is 10.1. The molecule has 1 aromatic rings. The molecule has 0 amide bonds. The van der Waals surface area contributed by atoms with E-state index in [1.807, 2.05) is 12.1 Å². The number of hydrogen-bond donors (Lipinski definition) is 0. The molecule has 0 saturated heterocycles. The van der Waals surface area contributed by atoms with Gasteiger partial charge in [-0.3, -0.25) is 0 Å². The molecular formula is C11H7N2. The van der Waals surface area contributed by atoms with Crippen LogP contribution in [-0.2, 0) is 0 Å². The Labute approximate surface area is 77.4 Å². The predicted octanol–water partition coefficient (Wildman–Crippen LogP) is 2.28. The van der Waals surface area contributed by atoms with E-state index in [-0.39, 0.29) is 0 Å². The van der Waals surface area contributed by atoms with Gasteiger partial charge in [-0.2, -0.15) is 10.5 Å². The molecule has 0 N–H and O–H groups in total. The van der Waals surface area contributed by atoms with Crippen LogP contribution in [0.1, 0.15) is 16.7 Å². The number of nitriles is 2. The number of allylic oxidation sites excluding steroid dienone is 1. The van der Waals surface area contributed by atoms with E-state index in [2.05, 4.69) is 6.92 Å². The van der Waals surface area contributed by atoms with E-state index in [0.29, 0.717) is 11.1 Å². The minimum atomic E-state index is 0.401. The maximum Gasteiger partial charge on any atom is 0.101 e. The Kier molecular flexibility index (Phi) is 2.84. The van der Waals surface area contributed by atoms with Crippen molar-refractivity contribution in [1.29, 1.82) is 10.5 Å². The van der Waals surface area contributed by atoms with Crippen LogP contribution < -0.4 is 0 Å². The summed E-state index contributed by atoms with van der Waals surface area (Å²) in [6.45, 7) is 3.55. The lowest BCUT2D eigenvalue weighted by Crippen LogP contribution is -1.84. The van der Waals surface area contributed by atoms with Crippen LogP contribution in [0.2, 0.25) is 0 Å². The second kappa shape index (κ2) is 4.09. The SMILES string of the molecule is [CH2]C=Cc1ccc(C#N)c(C#N)c1. The van der Waals surface area contributed by atoms with Gasteiger partial charge in [-0.1, -0.05) is 18.2 Å². The van der Waals surface area contributed by atoms with Crippen LogP contribution >= 0.6 is 0 Å². The molecule has 2 nitrogen and oxygen atoms in total. The van der Waals surface area contributed by atoms with Crippen molar-refractivity contribution in [3.63, 3.8) is 0 Å². The molecule has 0 aliphatic carbocycles. The molecule has 61 valence electrons. The quantitative estimate of drug-likeness (QED) is 0.644. The lowest BCUT2D eigenvalue weighted by Gasteiger charge is -1.95. The molecule has 0 heterocycles. The summed E-state index contributed by atoms with van der Waals surface area (Å²) in [6, 6.07) is 9.00. The fraction of sp³-hybridized carbons (Fsp3) is 0. The van der Waals surface area contributed by atoms with E-state index >= 15 is 0 Å². The first-order valence-electron chi connectivity index (χ1n) is 3.72. The maximum atomic E-state index is 8.70. The van der Waals surface area contributed by atoms with Crippen LogP contribution in [0.4, 0.5) is 0 Å². The minimum Gasteiger partial charge on any atom is -0.192 e. The smallest absolute Gasteiger partial charge is 0.101 e. The van der Waals surface area contributed by atoms with Gasteiger partial charge in [0.25, 0.3) is 0 Å². The molecule has 2 heteroatoms. The van der Waals surface area contributed by atoms with E-state index in [0.717, 1.165) is 5.56 Å². The molecule has 0 spiro atoms. The van der Waals surface area contributed by atoms with E-state index < -0.39 is 0 Å². The van der Waals surface area contributed by atoms with Crippen LogP contribution in [0, 0.1) is 29.6 Å². The molecule has 0 aromatic heterocycles. The van der Waals surface area contributed by atoms with Crippen molar-refractivity contribution in [2.45, 2.75) is 0 Å². The Morgan fingerprint density at radius 2 is 1.85 bits per heavy atom. The fourth-order valence-electron chi connectivity index (χ4n) is 0.992. The molecule has 1 radical (unpaired) electrons. The van der Waals surface area contributed by atoms with Gasteiger partial charge in [0.1, 0.15) is 12.1 Å². The first-order valence-corrected chi connectivity index (χ1v) is 3.72. The number of benzene rings is 1. The van der Waals surface area contributed by atoms with Gasteiger partial charge in [0.05, 0.1) is 11.1 Å². The van der Waals surface area contributed by atoms with E-state index in [1.165, 1.54) is 0 Å². The summed E-state index contributed by atoms with van der Waals surface area (Å²) in [6.07, 6.45) is 3.42. The van der Waals surface area contributed by atoms with Crippen LogP contribution in [0.25, 0.3) is 6.08 Å². The Hall–Kier alpha value is -2.06. The number of nitrogens with zero attached hydrogens (tertiary/aromatic N) is 2. The van der Waals surface area contributed by atoms with Gasteiger partial charge in [-0.15, -0.1) is 0 Å². The summed E-state index contributed by atoms with van der Waals surface area (Å²) >= 11 is 0. The Bertz CT molecular complexity index is 417. The highest BCUT2D eigenvalue weighted by Gasteiger charge is 1.99. The molecule has 13 heavy (non-hydrogen) atoms. The third kappa shape index (κ3) is 1.95. The highest BCUT2D eigenvalue weighted by Crippen LogP contribution is 2.11. The van der Waals surface area contributed by atoms with Crippen molar-refractivity contribution < 1.29 is 0 Å². The molecule has 0 saturated carbocycles. The van der Waals surface area contributed by atoms with Gasteiger partial charge in [0, 0.05) is 0 Å². The van der Waals surface area contributed by atoms with E-state index in [4.69, 9.17) is 10.5 Å². The lowest BCUT2D eigenvalue weighted by molar-refractivity contribution is 1.42. The summed E-state index contributed by atoms with van der Waals surface area (Å²) in [4.78, 5) is 0. The third-order valence-electron chi connectivity index (χ3n) is 1.59. The normalized spacial score (nSPS) is 9.46. The summed E-state index contributed by atoms with van der Waals surface area (Å²) in [5.41, 5.74) is 1.69. The fourth-order valence-corrected chi connectivity index (χ4v) is 0.992. The van der Waals surface area contributed by atoms with Gasteiger partial charge in [0.15, 0.2) is 0 Å². The minimum absolute atomic E-state index is 0.401. The largest absolute Gasteiger partial charge is 0.192 e. The highest BCUT2D eigenvalue weighted by atomic mass is 14.3. The van der Waals surface area contributed by atoms with Crippen molar-refractivity contribution in [1.82, 2.24) is 0 Å². The van der Waals surface area contributed by atoms with E-state index in [9.17, 15) is 0 Å². The zero-order chi connectivity index (χ0) is 9.68. The third-order valence-corrected chi connectivity index (χ3v) is 1.59. The number of hydrogen-bond acceptors (Lipinski definition) is 2. The summed E-state index contributed by atoms with van der Waals surface area (Å²) in [5.74, 6) is 0. The monoisotopic (exact) mass is 167 g/mol. The van der Waals surface area contributed by atoms with Crippen molar-refractivity contribution in [3.05, 3.63) is 47.9 Å². The molecule has 0 fully saturated rings. The van der Waals surface area contributed by atoms with Crippen LogP contribution in [-0.4, -0.2) is 0 Å². The predicted molar refractivity (Wildman–Crippen MR) is 50.3 cm³/mol. The topological polar surface area (TPSA) is 47.6 Å². The molecular weight excluding hydrogens is 160 g/mol. The van der Waals surface area contributed by atoms with Gasteiger partial charge >= 0.3 is 0 Å². The summed E-state index contributed by atoms with van der Waals surface area (Å²) in [5, 5.41) is 17.3. The van der Waals surface area contributed by atoms with E-state index in [1.54, 1.807) is 30.4 Å². The van der Waals surface area contributed by atoms with Crippen molar-refractivity contribution in [2.75, 3.05) is 0 Å². The van der Waals surface area contributed by atoms with Gasteiger partial charge in [-0.05, 0) is 24.6 Å². The highest BCUT2D eigenvalue weighted by molar-refractivity contribution is 5.57. The van der Waals surface area contributed by atoms with Crippen LogP contribution in [0.5, 0.6) is 0 Å². The zero-order valence-corrected chi connectivity index (χ0v) is 6.99. The first kappa shape index (κ1) is 9.03. The van der Waals surface area contributed by atoms with Crippen LogP contribution in [0.15, 0.2) is 24.3 Å². The molecule has 1 aromatic carbocycles. The molecule has 0 bridgehead atoms. The molecule has 1 rings (SSSR count). The summed E-state index contributed by atoms with van der Waals surface area (Å²) in [7, 11) is 0. The number of rotatable bonds is 1. The van der Waals surface area contributed by atoms with Crippen molar-refractivity contribution in [3.8, 4) is 12.1 Å². The molecule has 0 aliphatic heterocycles. The van der Waals surface area contributed by atoms with Crippen LogP contribution in [0.3, 0.4) is 0 Å². The summed E-state index contributed by atoms with van der Waals surface area (Å²) < 4.78 is 0. The van der Waals surface area contributed by atoms with Gasteiger partial charge in [0.2, 0.25) is 0 Å². The van der Waals surface area contributed by atoms with Crippen molar-refractivity contribution in [2.24, 2.45) is 0 Å². The van der Waals surface area contributed by atoms with Gasteiger partial charge in [-0.25, -0.2) is 0 Å². The second-order valence-electron chi connectivity index (χ2n) is 2.43. The standard InChI is InChI=1S/C11H7N2/c1-2-3-9-4-5-10(7-12)11(6-9)8-13/h2-6H,1H2. The average Bonchev–Trinajstić information content (AvgIpc) is 2.18. The maximum absolute atomic E-state index is 8.70. The Morgan fingerprint density at radius 1 is 1.15 bits per heavy atom. The Balaban J connectivity index is 3.25. The van der Waals surface area contributed by atoms with Gasteiger partial charge < -0.3 is 0 Å². The molecule has 0 aliphatic rings. The Morgan fingerprint density at radius 3 is 2.38 bits per heavy atom. The second-order valence-corrected chi connectivity index (χ2v) is 2.43. The zero-order valence-electron chi connectivity index (χ0n) is 6.99. The van der Waals surface area contributed by atoms with Crippen molar-refractivity contribution >= 4 is 6.08 Å². The first-order chi connectivity index (χ1) is 6.31. The molecule has 0 unspecified atom stereocenters.